The Hall–Kier alpha value is -3.15. The first-order valence-electron chi connectivity index (χ1n) is 7.34. The summed E-state index contributed by atoms with van der Waals surface area (Å²) < 4.78 is 40.5. The van der Waals surface area contributed by atoms with Crippen molar-refractivity contribution in [3.8, 4) is 28.3 Å². The number of benzene rings is 2. The van der Waals surface area contributed by atoms with Gasteiger partial charge >= 0.3 is 6.36 Å². The minimum absolute atomic E-state index is 0.293. The highest BCUT2D eigenvalue weighted by atomic mass is 19.4. The standard InChI is InChI=1S/C19H12F3NO2/c20-19(21,22)25-15-10-8-13(9-11-15)17-6-3-7-18(23-17)16-5-2-1-4-14(16)12-24/h1-12H. The highest BCUT2D eigenvalue weighted by molar-refractivity contribution is 5.86. The van der Waals surface area contributed by atoms with Crippen molar-refractivity contribution in [2.45, 2.75) is 6.36 Å². The van der Waals surface area contributed by atoms with Gasteiger partial charge in [-0.2, -0.15) is 0 Å². The summed E-state index contributed by atoms with van der Waals surface area (Å²) in [5.41, 5.74) is 3.03. The van der Waals surface area contributed by atoms with Gasteiger partial charge in [0.15, 0.2) is 6.29 Å². The van der Waals surface area contributed by atoms with E-state index in [0.717, 1.165) is 6.29 Å². The molecule has 0 N–H and O–H groups in total. The van der Waals surface area contributed by atoms with Crippen LogP contribution >= 0.6 is 0 Å². The molecule has 0 unspecified atom stereocenters. The van der Waals surface area contributed by atoms with Gasteiger partial charge in [-0.15, -0.1) is 13.2 Å². The second-order valence-electron chi connectivity index (χ2n) is 5.19. The molecule has 2 aromatic carbocycles. The molecule has 3 nitrogen and oxygen atoms in total. The molecule has 0 saturated carbocycles. The minimum Gasteiger partial charge on any atom is -0.406 e. The van der Waals surface area contributed by atoms with E-state index in [1.54, 1.807) is 42.5 Å². The van der Waals surface area contributed by atoms with Crippen molar-refractivity contribution in [2.75, 3.05) is 0 Å². The summed E-state index contributed by atoms with van der Waals surface area (Å²) in [6.45, 7) is 0. The molecule has 0 aliphatic heterocycles. The predicted octanol–water partition coefficient (Wildman–Crippen LogP) is 5.13. The van der Waals surface area contributed by atoms with Gasteiger partial charge in [0, 0.05) is 16.7 Å². The maximum Gasteiger partial charge on any atom is 0.573 e. The summed E-state index contributed by atoms with van der Waals surface area (Å²) in [6.07, 6.45) is -3.97. The highest BCUT2D eigenvalue weighted by Crippen LogP contribution is 2.28. The maximum atomic E-state index is 12.2. The quantitative estimate of drug-likeness (QED) is 0.617. The first-order chi connectivity index (χ1) is 12.0. The molecular formula is C19H12F3NO2. The summed E-state index contributed by atoms with van der Waals surface area (Å²) in [7, 11) is 0. The molecule has 3 rings (SSSR count). The Kier molecular flexibility index (Phi) is 4.52. The molecule has 126 valence electrons. The van der Waals surface area contributed by atoms with Crippen LogP contribution in [0.3, 0.4) is 0 Å². The fourth-order valence-corrected chi connectivity index (χ4v) is 2.41. The zero-order chi connectivity index (χ0) is 17.9. The number of ether oxygens (including phenoxy) is 1. The second-order valence-corrected chi connectivity index (χ2v) is 5.19. The molecule has 1 aromatic heterocycles. The number of carbonyl (C=O) groups excluding carboxylic acids is 1. The molecule has 0 saturated heterocycles. The summed E-state index contributed by atoms with van der Waals surface area (Å²) in [4.78, 5) is 15.7. The van der Waals surface area contributed by atoms with Crippen LogP contribution in [0.5, 0.6) is 5.75 Å². The van der Waals surface area contributed by atoms with Crippen LogP contribution in [0.4, 0.5) is 13.2 Å². The third-order valence-corrected chi connectivity index (χ3v) is 3.50. The summed E-state index contributed by atoms with van der Waals surface area (Å²) in [5, 5.41) is 0. The minimum atomic E-state index is -4.72. The van der Waals surface area contributed by atoms with Gasteiger partial charge in [-0.25, -0.2) is 4.98 Å². The van der Waals surface area contributed by atoms with Gasteiger partial charge in [0.2, 0.25) is 0 Å². The molecule has 25 heavy (non-hydrogen) atoms. The number of nitrogens with zero attached hydrogens (tertiary/aromatic N) is 1. The van der Waals surface area contributed by atoms with Crippen molar-refractivity contribution in [3.63, 3.8) is 0 Å². The fraction of sp³-hybridized carbons (Fsp3) is 0.0526. The van der Waals surface area contributed by atoms with Crippen molar-refractivity contribution in [1.29, 1.82) is 0 Å². The van der Waals surface area contributed by atoms with Gasteiger partial charge < -0.3 is 4.74 Å². The molecule has 0 aliphatic rings. The second kappa shape index (κ2) is 6.76. The summed E-state index contributed by atoms with van der Waals surface area (Å²) in [6, 6.07) is 17.8. The molecule has 1 heterocycles. The van der Waals surface area contributed by atoms with Crippen LogP contribution < -0.4 is 4.74 Å². The van der Waals surface area contributed by atoms with Gasteiger partial charge in [0.05, 0.1) is 11.4 Å². The molecule has 3 aromatic rings. The smallest absolute Gasteiger partial charge is 0.406 e. The lowest BCUT2D eigenvalue weighted by Crippen LogP contribution is -2.16. The Morgan fingerprint density at radius 1 is 0.840 bits per heavy atom. The Balaban J connectivity index is 1.93. The van der Waals surface area contributed by atoms with Gasteiger partial charge in [-0.05, 0) is 36.4 Å². The predicted molar refractivity (Wildman–Crippen MR) is 87.2 cm³/mol. The van der Waals surface area contributed by atoms with E-state index >= 15 is 0 Å². The third-order valence-electron chi connectivity index (χ3n) is 3.50. The van der Waals surface area contributed by atoms with Crippen LogP contribution in [0.1, 0.15) is 10.4 Å². The zero-order valence-corrected chi connectivity index (χ0v) is 12.8. The number of hydrogen-bond acceptors (Lipinski definition) is 3. The van der Waals surface area contributed by atoms with Crippen molar-refractivity contribution in [3.05, 3.63) is 72.3 Å². The van der Waals surface area contributed by atoms with E-state index in [9.17, 15) is 18.0 Å². The normalized spacial score (nSPS) is 11.2. The monoisotopic (exact) mass is 343 g/mol. The molecular weight excluding hydrogens is 331 g/mol. The molecule has 0 radical (unpaired) electrons. The van der Waals surface area contributed by atoms with E-state index < -0.39 is 6.36 Å². The lowest BCUT2D eigenvalue weighted by atomic mass is 10.0. The molecule has 0 amide bonds. The van der Waals surface area contributed by atoms with E-state index in [1.165, 1.54) is 24.3 Å². The van der Waals surface area contributed by atoms with Crippen LogP contribution in [0.2, 0.25) is 0 Å². The van der Waals surface area contributed by atoms with Crippen LogP contribution in [-0.4, -0.2) is 17.6 Å². The SMILES string of the molecule is O=Cc1ccccc1-c1cccc(-c2ccc(OC(F)(F)F)cc2)n1. The molecule has 0 bridgehead atoms. The topological polar surface area (TPSA) is 39.2 Å². The van der Waals surface area contributed by atoms with Gasteiger partial charge in [0.25, 0.3) is 0 Å². The number of halogens is 3. The summed E-state index contributed by atoms with van der Waals surface area (Å²) in [5.74, 6) is -0.293. The Morgan fingerprint density at radius 3 is 2.20 bits per heavy atom. The van der Waals surface area contributed by atoms with Crippen molar-refractivity contribution >= 4 is 6.29 Å². The fourth-order valence-electron chi connectivity index (χ4n) is 2.41. The Bertz CT molecular complexity index is 890. The van der Waals surface area contributed by atoms with Crippen LogP contribution in [-0.2, 0) is 0 Å². The van der Waals surface area contributed by atoms with E-state index in [-0.39, 0.29) is 5.75 Å². The average Bonchev–Trinajstić information content (AvgIpc) is 2.61. The number of aldehydes is 1. The number of hydrogen-bond donors (Lipinski definition) is 0. The summed E-state index contributed by atoms with van der Waals surface area (Å²) >= 11 is 0. The number of carbonyl (C=O) groups is 1. The third kappa shape index (κ3) is 4.03. The van der Waals surface area contributed by atoms with Crippen molar-refractivity contribution in [1.82, 2.24) is 4.98 Å². The largest absolute Gasteiger partial charge is 0.573 e. The van der Waals surface area contributed by atoms with Crippen LogP contribution in [0.15, 0.2) is 66.7 Å². The van der Waals surface area contributed by atoms with E-state index in [4.69, 9.17) is 0 Å². The first kappa shape index (κ1) is 16.7. The van der Waals surface area contributed by atoms with E-state index in [0.29, 0.717) is 28.1 Å². The van der Waals surface area contributed by atoms with Gasteiger partial charge in [-0.3, -0.25) is 4.79 Å². The Morgan fingerprint density at radius 2 is 1.52 bits per heavy atom. The highest BCUT2D eigenvalue weighted by Gasteiger charge is 2.30. The number of alkyl halides is 3. The van der Waals surface area contributed by atoms with Crippen LogP contribution in [0.25, 0.3) is 22.5 Å². The Labute approximate surface area is 141 Å². The van der Waals surface area contributed by atoms with Crippen molar-refractivity contribution < 1.29 is 22.7 Å². The molecule has 0 aliphatic carbocycles. The molecule has 0 fully saturated rings. The number of pyridine rings is 1. The van der Waals surface area contributed by atoms with Gasteiger partial charge in [0.1, 0.15) is 5.75 Å². The number of aromatic nitrogens is 1. The average molecular weight is 343 g/mol. The lowest BCUT2D eigenvalue weighted by Gasteiger charge is -2.10. The first-order valence-corrected chi connectivity index (χ1v) is 7.34. The molecule has 0 atom stereocenters. The van der Waals surface area contributed by atoms with E-state index in [2.05, 4.69) is 9.72 Å². The maximum absolute atomic E-state index is 12.2. The van der Waals surface area contributed by atoms with Gasteiger partial charge in [-0.1, -0.05) is 30.3 Å². The van der Waals surface area contributed by atoms with E-state index in [1.807, 2.05) is 0 Å². The lowest BCUT2D eigenvalue weighted by molar-refractivity contribution is -0.274. The van der Waals surface area contributed by atoms with Crippen molar-refractivity contribution in [2.24, 2.45) is 0 Å². The zero-order valence-electron chi connectivity index (χ0n) is 12.8. The number of rotatable bonds is 4. The van der Waals surface area contributed by atoms with Crippen LogP contribution in [0, 0.1) is 0 Å². The molecule has 6 heteroatoms. The molecule has 0 spiro atoms.